The van der Waals surface area contributed by atoms with Crippen molar-refractivity contribution < 1.29 is 14.6 Å². The number of hydrogen-bond acceptors (Lipinski definition) is 4. The van der Waals surface area contributed by atoms with Crippen LogP contribution < -0.4 is 11.1 Å². The number of nitrogens with two attached hydrogens (primary N) is 1. The molecule has 0 aromatic heterocycles. The maximum absolute atomic E-state index is 11.6. The first kappa shape index (κ1) is 16.8. The summed E-state index contributed by atoms with van der Waals surface area (Å²) in [7, 11) is 0. The molecule has 1 fully saturated rings. The third-order valence-electron chi connectivity index (χ3n) is 3.37. The van der Waals surface area contributed by atoms with Crippen LogP contribution in [0.2, 0.25) is 0 Å². The fraction of sp³-hybridized carbons (Fsp3) is 0.500. The predicted molar refractivity (Wildman–Crippen MR) is 78.6 cm³/mol. The van der Waals surface area contributed by atoms with Gasteiger partial charge >= 0.3 is 6.09 Å². The number of hydrogen-bond donors (Lipinski definition) is 3. The van der Waals surface area contributed by atoms with Gasteiger partial charge in [-0.2, -0.15) is 0 Å². The van der Waals surface area contributed by atoms with Crippen molar-refractivity contribution in [2.45, 2.75) is 44.1 Å². The minimum absolute atomic E-state index is 0. The lowest BCUT2D eigenvalue weighted by Crippen LogP contribution is -2.49. The molecule has 6 heteroatoms. The highest BCUT2D eigenvalue weighted by Gasteiger charge is 2.28. The number of carbonyl (C=O) groups is 1. The molecule has 1 aromatic carbocycles. The number of carbonyl (C=O) groups excluding carboxylic acids is 1. The van der Waals surface area contributed by atoms with E-state index in [0.717, 1.165) is 12.0 Å². The van der Waals surface area contributed by atoms with Crippen LogP contribution in [0.4, 0.5) is 4.79 Å². The van der Waals surface area contributed by atoms with Crippen molar-refractivity contribution in [2.24, 2.45) is 5.73 Å². The minimum Gasteiger partial charge on any atom is -0.445 e. The van der Waals surface area contributed by atoms with E-state index >= 15 is 0 Å². The van der Waals surface area contributed by atoms with E-state index < -0.39 is 12.2 Å². The van der Waals surface area contributed by atoms with E-state index in [2.05, 4.69) is 5.32 Å². The normalized spacial score (nSPS) is 25.4. The maximum Gasteiger partial charge on any atom is 0.407 e. The Morgan fingerprint density at radius 2 is 2.05 bits per heavy atom. The standard InChI is InChI=1S/C14H20N2O3.ClH/c15-11-6-7-12(13(17)8-11)16-14(18)19-9-10-4-2-1-3-5-10;/h1-5,11-13,17H,6-9,15H2,(H,16,18);1H/t11-,12-,13+;/m1./s1. The molecule has 0 saturated heterocycles. The van der Waals surface area contributed by atoms with E-state index in [9.17, 15) is 9.90 Å². The Morgan fingerprint density at radius 3 is 2.70 bits per heavy atom. The smallest absolute Gasteiger partial charge is 0.407 e. The van der Waals surface area contributed by atoms with Gasteiger partial charge in [0.15, 0.2) is 0 Å². The Bertz CT molecular complexity index is 416. The lowest BCUT2D eigenvalue weighted by atomic mass is 9.89. The van der Waals surface area contributed by atoms with E-state index in [-0.39, 0.29) is 31.1 Å². The molecule has 2 rings (SSSR count). The van der Waals surface area contributed by atoms with Crippen LogP contribution in [0.25, 0.3) is 0 Å². The molecule has 1 aliphatic rings. The van der Waals surface area contributed by atoms with Gasteiger partial charge < -0.3 is 20.9 Å². The van der Waals surface area contributed by atoms with Crippen LogP contribution in [0, 0.1) is 0 Å². The first-order valence-electron chi connectivity index (χ1n) is 6.56. The topological polar surface area (TPSA) is 84.6 Å². The zero-order chi connectivity index (χ0) is 13.7. The number of aliphatic hydroxyl groups is 1. The molecule has 20 heavy (non-hydrogen) atoms. The second-order valence-corrected chi connectivity index (χ2v) is 4.95. The number of halogens is 1. The molecular formula is C14H21ClN2O3. The van der Waals surface area contributed by atoms with Gasteiger partial charge in [0.2, 0.25) is 0 Å². The summed E-state index contributed by atoms with van der Waals surface area (Å²) in [5, 5.41) is 12.5. The molecule has 112 valence electrons. The summed E-state index contributed by atoms with van der Waals surface area (Å²) in [5.41, 5.74) is 6.68. The van der Waals surface area contributed by atoms with E-state index in [1.54, 1.807) is 0 Å². The highest BCUT2D eigenvalue weighted by atomic mass is 35.5. The van der Waals surface area contributed by atoms with Crippen LogP contribution in [0.5, 0.6) is 0 Å². The quantitative estimate of drug-likeness (QED) is 0.791. The van der Waals surface area contributed by atoms with Gasteiger partial charge in [0.25, 0.3) is 0 Å². The van der Waals surface area contributed by atoms with E-state index in [1.807, 2.05) is 30.3 Å². The van der Waals surface area contributed by atoms with Gasteiger partial charge in [-0.05, 0) is 24.8 Å². The minimum atomic E-state index is -0.590. The molecular weight excluding hydrogens is 280 g/mol. The number of benzene rings is 1. The Kier molecular flexibility index (Phi) is 6.78. The second-order valence-electron chi connectivity index (χ2n) is 4.95. The average molecular weight is 301 g/mol. The number of alkyl carbamates (subject to hydrolysis) is 1. The largest absolute Gasteiger partial charge is 0.445 e. The molecule has 1 aliphatic carbocycles. The van der Waals surface area contributed by atoms with Gasteiger partial charge in [0.1, 0.15) is 6.61 Å². The molecule has 5 nitrogen and oxygen atoms in total. The zero-order valence-corrected chi connectivity index (χ0v) is 12.0. The Balaban J connectivity index is 0.00000200. The van der Waals surface area contributed by atoms with Crippen molar-refractivity contribution in [1.82, 2.24) is 5.32 Å². The van der Waals surface area contributed by atoms with Crippen molar-refractivity contribution in [3.8, 4) is 0 Å². The first-order valence-corrected chi connectivity index (χ1v) is 6.56. The first-order chi connectivity index (χ1) is 9.15. The lowest BCUT2D eigenvalue weighted by Gasteiger charge is -2.31. The van der Waals surface area contributed by atoms with Gasteiger partial charge in [-0.15, -0.1) is 12.4 Å². The zero-order valence-electron chi connectivity index (χ0n) is 11.2. The maximum atomic E-state index is 11.6. The Labute approximate surface area is 124 Å². The van der Waals surface area contributed by atoms with Crippen molar-refractivity contribution in [3.05, 3.63) is 35.9 Å². The van der Waals surface area contributed by atoms with Gasteiger partial charge in [-0.25, -0.2) is 4.79 Å². The molecule has 0 heterocycles. The number of nitrogens with one attached hydrogen (secondary N) is 1. The summed E-state index contributed by atoms with van der Waals surface area (Å²) in [6, 6.07) is 9.23. The van der Waals surface area contributed by atoms with Gasteiger partial charge in [-0.1, -0.05) is 30.3 Å². The summed E-state index contributed by atoms with van der Waals surface area (Å²) in [5.74, 6) is 0. The summed E-state index contributed by atoms with van der Waals surface area (Å²) < 4.78 is 5.11. The number of aliphatic hydroxyl groups excluding tert-OH is 1. The molecule has 1 saturated carbocycles. The molecule has 3 atom stereocenters. The SMILES string of the molecule is Cl.N[C@@H]1CC[C@@H](NC(=O)OCc2ccccc2)[C@@H](O)C1. The van der Waals surface area contributed by atoms with E-state index in [1.165, 1.54) is 0 Å². The third kappa shape index (κ3) is 5.00. The Morgan fingerprint density at radius 1 is 1.35 bits per heavy atom. The molecule has 0 aliphatic heterocycles. The fourth-order valence-corrected chi connectivity index (χ4v) is 2.26. The predicted octanol–water partition coefficient (Wildman–Crippen LogP) is 1.58. The summed E-state index contributed by atoms with van der Waals surface area (Å²) in [6.07, 6.45) is 0.920. The van der Waals surface area contributed by atoms with Crippen LogP contribution in [-0.4, -0.2) is 29.4 Å². The summed E-state index contributed by atoms with van der Waals surface area (Å²) in [4.78, 5) is 11.6. The molecule has 0 radical (unpaired) electrons. The van der Waals surface area contributed by atoms with Crippen molar-refractivity contribution in [3.63, 3.8) is 0 Å². The van der Waals surface area contributed by atoms with Gasteiger partial charge in [0.05, 0.1) is 12.1 Å². The molecule has 0 spiro atoms. The Hall–Kier alpha value is -1.30. The highest BCUT2D eigenvalue weighted by Crippen LogP contribution is 2.18. The lowest BCUT2D eigenvalue weighted by molar-refractivity contribution is 0.0718. The second kappa shape index (κ2) is 8.09. The molecule has 1 aromatic rings. The van der Waals surface area contributed by atoms with E-state index in [4.69, 9.17) is 10.5 Å². The van der Waals surface area contributed by atoms with Crippen molar-refractivity contribution in [2.75, 3.05) is 0 Å². The number of amides is 1. The molecule has 0 bridgehead atoms. The van der Waals surface area contributed by atoms with Crippen LogP contribution >= 0.6 is 12.4 Å². The van der Waals surface area contributed by atoms with Crippen LogP contribution in [0.1, 0.15) is 24.8 Å². The van der Waals surface area contributed by atoms with Gasteiger partial charge in [0, 0.05) is 6.04 Å². The summed E-state index contributed by atoms with van der Waals surface area (Å²) >= 11 is 0. The fourth-order valence-electron chi connectivity index (χ4n) is 2.26. The summed E-state index contributed by atoms with van der Waals surface area (Å²) in [6.45, 7) is 0.231. The average Bonchev–Trinajstić information content (AvgIpc) is 2.41. The van der Waals surface area contributed by atoms with Crippen LogP contribution in [0.3, 0.4) is 0 Å². The monoisotopic (exact) mass is 300 g/mol. The number of ether oxygens (including phenoxy) is 1. The van der Waals surface area contributed by atoms with Crippen LogP contribution in [-0.2, 0) is 11.3 Å². The molecule has 1 amide bonds. The third-order valence-corrected chi connectivity index (χ3v) is 3.37. The van der Waals surface area contributed by atoms with Crippen molar-refractivity contribution in [1.29, 1.82) is 0 Å². The number of rotatable bonds is 3. The highest BCUT2D eigenvalue weighted by molar-refractivity contribution is 5.85. The molecule has 4 N–H and O–H groups in total. The van der Waals surface area contributed by atoms with Crippen molar-refractivity contribution >= 4 is 18.5 Å². The van der Waals surface area contributed by atoms with Gasteiger partial charge in [-0.3, -0.25) is 0 Å². The van der Waals surface area contributed by atoms with Crippen LogP contribution in [0.15, 0.2) is 30.3 Å². The van der Waals surface area contributed by atoms with E-state index in [0.29, 0.717) is 12.8 Å². The molecule has 0 unspecified atom stereocenters.